The molecule has 0 aliphatic rings. The van der Waals surface area contributed by atoms with Crippen LogP contribution >= 0.6 is 24.4 Å². The molecule has 0 atom stereocenters. The summed E-state index contributed by atoms with van der Waals surface area (Å²) in [5.41, 5.74) is 3.59. The minimum absolute atomic E-state index is 0.173. The van der Waals surface area contributed by atoms with Gasteiger partial charge in [-0.1, -0.05) is 60.8 Å². The number of carbonyl (C=O) groups is 1. The van der Waals surface area contributed by atoms with Gasteiger partial charge in [0.1, 0.15) is 15.7 Å². The van der Waals surface area contributed by atoms with Crippen LogP contribution in [-0.4, -0.2) is 59.2 Å². The highest BCUT2D eigenvalue weighted by Gasteiger charge is 2.21. The minimum atomic E-state index is -3.99. The average Bonchev–Trinajstić information content (AvgIpc) is 2.67. The molecule has 1 aromatic heterocycles. The van der Waals surface area contributed by atoms with Crippen LogP contribution in [0.25, 0.3) is 0 Å². The molecule has 2 aromatic rings. The predicted molar refractivity (Wildman–Crippen MR) is 115 cm³/mol. The molecule has 0 saturated carbocycles. The van der Waals surface area contributed by atoms with E-state index in [4.69, 9.17) is 24.4 Å². The van der Waals surface area contributed by atoms with Crippen LogP contribution in [0.4, 0.5) is 0 Å². The number of hydrogen-bond acceptors (Lipinski definition) is 6. The quantitative estimate of drug-likeness (QED) is 0.508. The van der Waals surface area contributed by atoms with Crippen molar-refractivity contribution in [1.29, 1.82) is 0 Å². The molecule has 2 N–H and O–H groups in total. The van der Waals surface area contributed by atoms with Gasteiger partial charge >= 0.3 is 0 Å². The van der Waals surface area contributed by atoms with E-state index in [1.807, 2.05) is 18.2 Å². The Kier molecular flexibility index (Phi) is 7.52. The third-order valence-corrected chi connectivity index (χ3v) is 5.59. The smallest absolute Gasteiger partial charge is 0.255 e. The van der Waals surface area contributed by atoms with Crippen molar-refractivity contribution in [2.24, 2.45) is 0 Å². The molecule has 28 heavy (non-hydrogen) atoms. The fraction of sp³-hybridized carbons (Fsp3) is 0.176. The number of aromatic nitrogens is 1. The molecule has 0 radical (unpaired) electrons. The fourth-order valence-electron chi connectivity index (χ4n) is 2.16. The van der Waals surface area contributed by atoms with Gasteiger partial charge in [0, 0.05) is 25.9 Å². The standard InChI is InChI=1S/C17H19N5O3S3/c1-21(16(26)13-8-4-3-5-9-13)19-15(23)12-28(24,25)20-22(2)17(27)14-10-6-7-11-18-14/h3-11,20H,12H2,1-2H3,(H,19,23). The van der Waals surface area contributed by atoms with Crippen LogP contribution in [0.5, 0.6) is 0 Å². The molecule has 1 heterocycles. The second-order valence-electron chi connectivity index (χ2n) is 5.69. The highest BCUT2D eigenvalue weighted by Crippen LogP contribution is 2.04. The predicted octanol–water partition coefficient (Wildman–Crippen LogP) is 0.862. The zero-order chi connectivity index (χ0) is 20.7. The van der Waals surface area contributed by atoms with Crippen molar-refractivity contribution in [3.63, 3.8) is 0 Å². The largest absolute Gasteiger partial charge is 0.286 e. The number of benzene rings is 1. The Morgan fingerprint density at radius 3 is 2.25 bits per heavy atom. The molecule has 1 aromatic carbocycles. The van der Waals surface area contributed by atoms with Crippen molar-refractivity contribution in [3.8, 4) is 0 Å². The number of sulfonamides is 1. The number of nitrogens with zero attached hydrogens (tertiary/aromatic N) is 3. The van der Waals surface area contributed by atoms with E-state index in [2.05, 4.69) is 15.2 Å². The van der Waals surface area contributed by atoms with E-state index in [9.17, 15) is 13.2 Å². The molecular formula is C17H19N5O3S3. The first kappa shape index (κ1) is 21.8. The number of amides is 1. The number of nitrogens with one attached hydrogen (secondary N) is 2. The maximum absolute atomic E-state index is 12.3. The van der Waals surface area contributed by atoms with Crippen molar-refractivity contribution in [3.05, 3.63) is 66.0 Å². The van der Waals surface area contributed by atoms with Gasteiger partial charge in [-0.25, -0.2) is 8.42 Å². The van der Waals surface area contributed by atoms with Gasteiger partial charge in [0.2, 0.25) is 10.0 Å². The zero-order valence-corrected chi connectivity index (χ0v) is 17.6. The van der Waals surface area contributed by atoms with Gasteiger partial charge in [-0.15, -0.1) is 4.83 Å². The lowest BCUT2D eigenvalue weighted by Crippen LogP contribution is -2.49. The summed E-state index contributed by atoms with van der Waals surface area (Å²) in [4.78, 5) is 19.0. The number of hydrazine groups is 2. The number of carbonyl (C=O) groups excluding carboxylic acids is 1. The Labute approximate surface area is 174 Å². The number of hydrogen-bond donors (Lipinski definition) is 2. The van der Waals surface area contributed by atoms with Crippen LogP contribution in [0.1, 0.15) is 11.3 Å². The molecular weight excluding hydrogens is 418 g/mol. The monoisotopic (exact) mass is 437 g/mol. The minimum Gasteiger partial charge on any atom is -0.286 e. The van der Waals surface area contributed by atoms with Crippen molar-refractivity contribution >= 4 is 50.3 Å². The van der Waals surface area contributed by atoms with E-state index in [0.717, 1.165) is 10.6 Å². The summed E-state index contributed by atoms with van der Waals surface area (Å²) in [6, 6.07) is 14.1. The molecule has 11 heteroatoms. The first-order valence-corrected chi connectivity index (χ1v) is 10.5. The van der Waals surface area contributed by atoms with Gasteiger partial charge in [-0.05, 0) is 12.1 Å². The molecule has 0 aliphatic carbocycles. The number of thiocarbonyl (C=S) groups is 2. The summed E-state index contributed by atoms with van der Waals surface area (Å²) < 4.78 is 24.5. The first-order valence-electron chi connectivity index (χ1n) is 8.01. The lowest BCUT2D eigenvalue weighted by atomic mass is 10.2. The molecule has 0 aliphatic heterocycles. The Hall–Kier alpha value is -2.47. The maximum Gasteiger partial charge on any atom is 0.255 e. The third kappa shape index (κ3) is 6.30. The summed E-state index contributed by atoms with van der Waals surface area (Å²) in [7, 11) is -1.02. The number of pyridine rings is 1. The molecule has 8 nitrogen and oxygen atoms in total. The van der Waals surface area contributed by atoms with Crippen molar-refractivity contribution in [2.45, 2.75) is 0 Å². The van der Waals surface area contributed by atoms with Gasteiger partial charge in [-0.3, -0.25) is 25.2 Å². The molecule has 0 saturated heterocycles. The van der Waals surface area contributed by atoms with Crippen LogP contribution in [0, 0.1) is 0 Å². The van der Waals surface area contributed by atoms with E-state index >= 15 is 0 Å². The van der Waals surface area contributed by atoms with Gasteiger partial charge in [0.25, 0.3) is 5.91 Å². The van der Waals surface area contributed by atoms with Crippen molar-refractivity contribution < 1.29 is 13.2 Å². The zero-order valence-electron chi connectivity index (χ0n) is 15.2. The molecule has 0 fully saturated rings. The lowest BCUT2D eigenvalue weighted by molar-refractivity contribution is -0.121. The molecule has 148 valence electrons. The van der Waals surface area contributed by atoms with E-state index in [1.54, 1.807) is 36.5 Å². The second kappa shape index (κ2) is 9.64. The Morgan fingerprint density at radius 2 is 1.64 bits per heavy atom. The van der Waals surface area contributed by atoms with Gasteiger partial charge < -0.3 is 0 Å². The second-order valence-corrected chi connectivity index (χ2v) is 8.17. The molecule has 2 rings (SSSR count). The van der Waals surface area contributed by atoms with Gasteiger partial charge in [0.05, 0.1) is 5.69 Å². The maximum atomic E-state index is 12.3. The third-order valence-electron chi connectivity index (χ3n) is 3.40. The first-order chi connectivity index (χ1) is 13.2. The molecule has 0 unspecified atom stereocenters. The summed E-state index contributed by atoms with van der Waals surface area (Å²) in [6.07, 6.45) is 1.54. The summed E-state index contributed by atoms with van der Waals surface area (Å²) in [5, 5.41) is 2.42. The van der Waals surface area contributed by atoms with E-state index in [-0.39, 0.29) is 4.99 Å². The van der Waals surface area contributed by atoms with Crippen molar-refractivity contribution in [1.82, 2.24) is 25.3 Å². The molecule has 1 amide bonds. The molecule has 0 bridgehead atoms. The normalized spacial score (nSPS) is 10.8. The van der Waals surface area contributed by atoms with Gasteiger partial charge in [0.15, 0.2) is 0 Å². The van der Waals surface area contributed by atoms with E-state index in [0.29, 0.717) is 10.7 Å². The van der Waals surface area contributed by atoms with Crippen molar-refractivity contribution in [2.75, 3.05) is 19.8 Å². The summed E-state index contributed by atoms with van der Waals surface area (Å²) in [5.74, 6) is -1.55. The van der Waals surface area contributed by atoms with E-state index in [1.165, 1.54) is 19.1 Å². The fourth-order valence-corrected chi connectivity index (χ4v) is 3.55. The highest BCUT2D eigenvalue weighted by molar-refractivity contribution is 7.90. The molecule has 0 spiro atoms. The van der Waals surface area contributed by atoms with Crippen LogP contribution in [0.3, 0.4) is 0 Å². The topological polar surface area (TPSA) is 94.6 Å². The highest BCUT2D eigenvalue weighted by atomic mass is 32.2. The Morgan fingerprint density at radius 1 is 1.00 bits per heavy atom. The van der Waals surface area contributed by atoms with Crippen LogP contribution in [0.15, 0.2) is 54.7 Å². The van der Waals surface area contributed by atoms with Gasteiger partial charge in [-0.2, -0.15) is 0 Å². The Bertz CT molecular complexity index is 953. The summed E-state index contributed by atoms with van der Waals surface area (Å²) in [6.45, 7) is 0. The van der Waals surface area contributed by atoms with E-state index < -0.39 is 21.7 Å². The van der Waals surface area contributed by atoms with Crippen LogP contribution in [-0.2, 0) is 14.8 Å². The van der Waals surface area contributed by atoms with Crippen LogP contribution < -0.4 is 10.3 Å². The average molecular weight is 438 g/mol. The SMILES string of the molecule is CN(NC(=O)CS(=O)(=O)NN(C)C(=S)c1ccccn1)C(=S)c1ccccc1. The summed E-state index contributed by atoms with van der Waals surface area (Å²) >= 11 is 10.5. The van der Waals surface area contributed by atoms with Crippen LogP contribution in [0.2, 0.25) is 0 Å². The number of rotatable bonds is 6. The lowest BCUT2D eigenvalue weighted by Gasteiger charge is -2.22. The Balaban J connectivity index is 1.93.